The first-order chi connectivity index (χ1) is 13.8. The molecular weight excluding hydrogens is 396 g/mol. The minimum atomic E-state index is -3.78. The number of hydrogen-bond acceptors (Lipinski definition) is 6. The molecule has 1 saturated heterocycles. The van der Waals surface area contributed by atoms with Crippen LogP contribution in [0.4, 0.5) is 0 Å². The Morgan fingerprint density at radius 3 is 2.28 bits per heavy atom. The second-order valence-electron chi connectivity index (χ2n) is 6.76. The molecule has 29 heavy (non-hydrogen) atoms. The fourth-order valence-electron chi connectivity index (χ4n) is 3.03. The van der Waals surface area contributed by atoms with E-state index in [1.54, 1.807) is 12.1 Å². The summed E-state index contributed by atoms with van der Waals surface area (Å²) in [5, 5.41) is 0. The van der Waals surface area contributed by atoms with Crippen LogP contribution < -0.4 is 10.9 Å². The van der Waals surface area contributed by atoms with E-state index in [1.807, 2.05) is 13.8 Å². The first kappa shape index (κ1) is 20.9. The van der Waals surface area contributed by atoms with Crippen LogP contribution in [0, 0.1) is 0 Å². The lowest BCUT2D eigenvalue weighted by atomic mass is 10.2. The number of amides is 2. The number of carbonyl (C=O) groups is 2. The number of sulfonamides is 1. The van der Waals surface area contributed by atoms with Crippen molar-refractivity contribution in [2.75, 3.05) is 13.1 Å². The zero-order chi connectivity index (χ0) is 21.0. The fourth-order valence-corrected chi connectivity index (χ4v) is 4.67. The van der Waals surface area contributed by atoms with Crippen molar-refractivity contribution in [2.45, 2.75) is 31.0 Å². The molecule has 2 aromatic rings. The van der Waals surface area contributed by atoms with Gasteiger partial charge in [0.15, 0.2) is 0 Å². The van der Waals surface area contributed by atoms with E-state index in [4.69, 9.17) is 4.74 Å². The topological polar surface area (TPSA) is 118 Å². The average Bonchev–Trinajstić information content (AvgIpc) is 2.71. The van der Waals surface area contributed by atoms with Crippen molar-refractivity contribution >= 4 is 21.8 Å². The van der Waals surface area contributed by atoms with Crippen molar-refractivity contribution in [3.05, 3.63) is 59.9 Å². The minimum absolute atomic E-state index is 0.00466. The normalized spacial score (nSPS) is 20.1. The monoisotopic (exact) mass is 418 g/mol. The zero-order valence-corrected chi connectivity index (χ0v) is 16.8. The second-order valence-corrected chi connectivity index (χ2v) is 8.70. The summed E-state index contributed by atoms with van der Waals surface area (Å²) in [6.45, 7) is 4.11. The van der Waals surface area contributed by atoms with Crippen molar-refractivity contribution in [1.29, 1.82) is 0 Å². The van der Waals surface area contributed by atoms with Crippen molar-refractivity contribution in [1.82, 2.24) is 20.1 Å². The number of morpholine rings is 1. The smallest absolute Gasteiger partial charge is 0.271 e. The number of pyridine rings is 1. The third-order valence-corrected chi connectivity index (χ3v) is 6.16. The molecule has 2 heterocycles. The predicted octanol–water partition coefficient (Wildman–Crippen LogP) is 0.954. The molecule has 9 nitrogen and oxygen atoms in total. The molecular formula is C19H22N4O5S. The van der Waals surface area contributed by atoms with Gasteiger partial charge >= 0.3 is 0 Å². The molecule has 0 spiro atoms. The summed E-state index contributed by atoms with van der Waals surface area (Å²) >= 11 is 0. The van der Waals surface area contributed by atoms with E-state index in [0.29, 0.717) is 0 Å². The van der Waals surface area contributed by atoms with Crippen molar-refractivity contribution in [2.24, 2.45) is 0 Å². The van der Waals surface area contributed by atoms with Gasteiger partial charge in [-0.25, -0.2) is 8.42 Å². The first-order valence-corrected chi connectivity index (χ1v) is 10.5. The van der Waals surface area contributed by atoms with Crippen LogP contribution in [-0.2, 0) is 14.8 Å². The van der Waals surface area contributed by atoms with E-state index in [0.717, 1.165) is 0 Å². The molecule has 1 aliphatic rings. The highest BCUT2D eigenvalue weighted by Gasteiger charge is 2.32. The molecule has 2 N–H and O–H groups in total. The van der Waals surface area contributed by atoms with E-state index in [-0.39, 0.29) is 41.3 Å². The van der Waals surface area contributed by atoms with Crippen LogP contribution in [0.25, 0.3) is 0 Å². The molecule has 1 aromatic heterocycles. The number of ether oxygens (including phenoxy) is 1. The number of rotatable bonds is 4. The summed E-state index contributed by atoms with van der Waals surface area (Å²) in [4.78, 5) is 28.2. The molecule has 2 atom stereocenters. The van der Waals surface area contributed by atoms with Crippen molar-refractivity contribution in [3.8, 4) is 0 Å². The van der Waals surface area contributed by atoms with Gasteiger partial charge in [0.1, 0.15) is 0 Å². The molecule has 3 rings (SSSR count). The summed E-state index contributed by atoms with van der Waals surface area (Å²) < 4.78 is 32.9. The Bertz CT molecular complexity index is 987. The Morgan fingerprint density at radius 2 is 1.66 bits per heavy atom. The summed E-state index contributed by atoms with van der Waals surface area (Å²) in [6.07, 6.45) is 2.45. The van der Waals surface area contributed by atoms with Gasteiger partial charge in [0.05, 0.1) is 22.7 Å². The minimum Gasteiger partial charge on any atom is -0.373 e. The Hall–Kier alpha value is -2.82. The Kier molecular flexibility index (Phi) is 6.26. The van der Waals surface area contributed by atoms with Gasteiger partial charge in [0.25, 0.3) is 11.8 Å². The third-order valence-electron chi connectivity index (χ3n) is 4.33. The fraction of sp³-hybridized carbons (Fsp3) is 0.316. The van der Waals surface area contributed by atoms with Gasteiger partial charge in [0, 0.05) is 31.0 Å². The van der Waals surface area contributed by atoms with Gasteiger partial charge < -0.3 is 4.74 Å². The van der Waals surface area contributed by atoms with Gasteiger partial charge in [-0.3, -0.25) is 25.4 Å². The standard InChI is InChI=1S/C19H22N4O5S/c1-13-11-23(12-14(2)28-13)29(26,27)17-7-3-5-15(9-17)18(24)21-22-19(25)16-6-4-8-20-10-16/h3-10,13-14H,11-12H2,1-2H3,(H,21,24)(H,22,25). The molecule has 0 aliphatic carbocycles. The van der Waals surface area contributed by atoms with Gasteiger partial charge in [-0.05, 0) is 44.2 Å². The third kappa shape index (κ3) is 4.97. The van der Waals surface area contributed by atoms with Crippen LogP contribution >= 0.6 is 0 Å². The van der Waals surface area contributed by atoms with Crippen LogP contribution in [-0.4, -0.2) is 54.8 Å². The lowest BCUT2D eigenvalue weighted by Gasteiger charge is -2.34. The largest absolute Gasteiger partial charge is 0.373 e. The Labute approximate surface area is 169 Å². The maximum Gasteiger partial charge on any atom is 0.271 e. The zero-order valence-electron chi connectivity index (χ0n) is 16.0. The lowest BCUT2D eigenvalue weighted by molar-refractivity contribution is -0.0440. The highest BCUT2D eigenvalue weighted by atomic mass is 32.2. The van der Waals surface area contributed by atoms with Crippen LogP contribution in [0.1, 0.15) is 34.6 Å². The van der Waals surface area contributed by atoms with Gasteiger partial charge in [-0.15, -0.1) is 0 Å². The maximum atomic E-state index is 13.0. The van der Waals surface area contributed by atoms with Crippen LogP contribution in [0.15, 0.2) is 53.7 Å². The summed E-state index contributed by atoms with van der Waals surface area (Å²) in [6, 6.07) is 8.81. The summed E-state index contributed by atoms with van der Waals surface area (Å²) in [7, 11) is -3.78. The molecule has 154 valence electrons. The van der Waals surface area contributed by atoms with E-state index < -0.39 is 21.8 Å². The lowest BCUT2D eigenvalue weighted by Crippen LogP contribution is -2.48. The van der Waals surface area contributed by atoms with Gasteiger partial charge in [-0.1, -0.05) is 6.07 Å². The molecule has 1 aliphatic heterocycles. The van der Waals surface area contributed by atoms with Crippen LogP contribution in [0.5, 0.6) is 0 Å². The number of carbonyl (C=O) groups excluding carboxylic acids is 2. The molecule has 2 unspecified atom stereocenters. The van der Waals surface area contributed by atoms with Crippen molar-refractivity contribution < 1.29 is 22.7 Å². The molecule has 0 bridgehead atoms. The van der Waals surface area contributed by atoms with Crippen LogP contribution in [0.2, 0.25) is 0 Å². The number of hydrogen-bond donors (Lipinski definition) is 2. The quantitative estimate of drug-likeness (QED) is 0.714. The SMILES string of the molecule is CC1CN(S(=O)(=O)c2cccc(C(=O)NNC(=O)c3cccnc3)c2)CC(C)O1. The predicted molar refractivity (Wildman–Crippen MR) is 104 cm³/mol. The Morgan fingerprint density at radius 1 is 1.03 bits per heavy atom. The number of aromatic nitrogens is 1. The molecule has 0 radical (unpaired) electrons. The highest BCUT2D eigenvalue weighted by Crippen LogP contribution is 2.21. The van der Waals surface area contributed by atoms with Crippen molar-refractivity contribution in [3.63, 3.8) is 0 Å². The number of benzene rings is 1. The van der Waals surface area contributed by atoms with E-state index in [1.165, 1.54) is 41.0 Å². The Balaban J connectivity index is 1.71. The average molecular weight is 418 g/mol. The molecule has 0 saturated carbocycles. The molecule has 1 fully saturated rings. The maximum absolute atomic E-state index is 13.0. The summed E-state index contributed by atoms with van der Waals surface area (Å²) in [5.41, 5.74) is 4.93. The molecule has 10 heteroatoms. The number of nitrogens with zero attached hydrogens (tertiary/aromatic N) is 2. The van der Waals surface area contributed by atoms with E-state index in [2.05, 4.69) is 15.8 Å². The number of nitrogens with one attached hydrogen (secondary N) is 2. The molecule has 2 amide bonds. The van der Waals surface area contributed by atoms with E-state index >= 15 is 0 Å². The molecule has 1 aromatic carbocycles. The summed E-state index contributed by atoms with van der Waals surface area (Å²) in [5.74, 6) is -1.17. The van der Waals surface area contributed by atoms with Gasteiger partial charge in [0.2, 0.25) is 10.0 Å². The van der Waals surface area contributed by atoms with Gasteiger partial charge in [-0.2, -0.15) is 4.31 Å². The first-order valence-electron chi connectivity index (χ1n) is 9.04. The van der Waals surface area contributed by atoms with E-state index in [9.17, 15) is 18.0 Å². The second kappa shape index (κ2) is 8.68. The number of hydrazine groups is 1. The van der Waals surface area contributed by atoms with Crippen LogP contribution in [0.3, 0.4) is 0 Å². The highest BCUT2D eigenvalue weighted by molar-refractivity contribution is 7.89.